The average molecular weight is 212 g/mol. The van der Waals surface area contributed by atoms with Gasteiger partial charge in [0, 0.05) is 19.0 Å². The molecule has 1 amide bonds. The van der Waals surface area contributed by atoms with Crippen LogP contribution in [0.25, 0.3) is 0 Å². The summed E-state index contributed by atoms with van der Waals surface area (Å²) in [5.41, 5.74) is 0. The van der Waals surface area contributed by atoms with Crippen LogP contribution in [0.2, 0.25) is 0 Å². The molecule has 1 aromatic heterocycles. The molecular formula is C9H16N4O2. The predicted octanol–water partition coefficient (Wildman–Crippen LogP) is -0.274. The molecule has 0 spiro atoms. The first kappa shape index (κ1) is 11.6. The van der Waals surface area contributed by atoms with Crippen LogP contribution in [0.3, 0.4) is 0 Å². The molecule has 6 nitrogen and oxygen atoms in total. The normalized spacial score (nSPS) is 10.6. The van der Waals surface area contributed by atoms with Crippen LogP contribution >= 0.6 is 0 Å². The van der Waals surface area contributed by atoms with E-state index in [1.807, 2.05) is 13.8 Å². The molecule has 0 saturated heterocycles. The first-order valence-corrected chi connectivity index (χ1v) is 4.94. The summed E-state index contributed by atoms with van der Waals surface area (Å²) in [7, 11) is 0. The first-order chi connectivity index (χ1) is 7.18. The first-order valence-electron chi connectivity index (χ1n) is 4.94. The Morgan fingerprint density at radius 2 is 2.40 bits per heavy atom. The topological polar surface area (TPSA) is 80.0 Å². The Kier molecular flexibility index (Phi) is 4.76. The zero-order valence-corrected chi connectivity index (χ0v) is 8.99. The number of rotatable bonds is 6. The molecule has 0 aliphatic heterocycles. The third-order valence-corrected chi connectivity index (χ3v) is 1.74. The van der Waals surface area contributed by atoms with E-state index in [0.717, 1.165) is 0 Å². The second-order valence-corrected chi connectivity index (χ2v) is 3.47. The number of amides is 1. The Morgan fingerprint density at radius 1 is 1.60 bits per heavy atom. The SMILES string of the molecule is CC(C)NCC(=O)NCCc1ncno1. The molecule has 0 aliphatic carbocycles. The van der Waals surface area contributed by atoms with Gasteiger partial charge in [0.2, 0.25) is 11.8 Å². The lowest BCUT2D eigenvalue weighted by Gasteiger charge is -2.07. The van der Waals surface area contributed by atoms with E-state index >= 15 is 0 Å². The van der Waals surface area contributed by atoms with Crippen molar-refractivity contribution in [1.29, 1.82) is 0 Å². The second-order valence-electron chi connectivity index (χ2n) is 3.47. The number of nitrogens with zero attached hydrogens (tertiary/aromatic N) is 2. The van der Waals surface area contributed by atoms with Gasteiger partial charge in [0.25, 0.3) is 0 Å². The van der Waals surface area contributed by atoms with Gasteiger partial charge in [-0.1, -0.05) is 19.0 Å². The Bertz CT molecular complexity index is 284. The van der Waals surface area contributed by atoms with E-state index in [1.165, 1.54) is 6.33 Å². The maximum absolute atomic E-state index is 11.2. The van der Waals surface area contributed by atoms with E-state index in [1.54, 1.807) is 0 Å². The van der Waals surface area contributed by atoms with Crippen LogP contribution in [0.4, 0.5) is 0 Å². The van der Waals surface area contributed by atoms with Crippen molar-refractivity contribution in [3.63, 3.8) is 0 Å². The lowest BCUT2D eigenvalue weighted by atomic mass is 10.4. The molecular weight excluding hydrogens is 196 g/mol. The Labute approximate surface area is 88.4 Å². The minimum absolute atomic E-state index is 0.0248. The number of nitrogens with one attached hydrogen (secondary N) is 2. The van der Waals surface area contributed by atoms with Gasteiger partial charge in [-0.3, -0.25) is 4.79 Å². The van der Waals surface area contributed by atoms with Crippen molar-refractivity contribution in [2.45, 2.75) is 26.3 Å². The summed E-state index contributed by atoms with van der Waals surface area (Å²) in [4.78, 5) is 15.1. The molecule has 0 radical (unpaired) electrons. The van der Waals surface area contributed by atoms with Crippen LogP contribution in [-0.2, 0) is 11.2 Å². The number of carbonyl (C=O) groups excluding carboxylic acids is 1. The minimum atomic E-state index is -0.0248. The highest BCUT2D eigenvalue weighted by Crippen LogP contribution is 1.90. The van der Waals surface area contributed by atoms with Crippen molar-refractivity contribution < 1.29 is 9.32 Å². The molecule has 0 saturated carbocycles. The maximum Gasteiger partial charge on any atom is 0.233 e. The lowest BCUT2D eigenvalue weighted by molar-refractivity contribution is -0.120. The van der Waals surface area contributed by atoms with E-state index < -0.39 is 0 Å². The van der Waals surface area contributed by atoms with E-state index in [2.05, 4.69) is 20.8 Å². The summed E-state index contributed by atoms with van der Waals surface area (Å²) in [6, 6.07) is 0.312. The van der Waals surface area contributed by atoms with Crippen LogP contribution in [0.1, 0.15) is 19.7 Å². The van der Waals surface area contributed by atoms with Gasteiger partial charge in [-0.25, -0.2) is 0 Å². The number of hydrogen-bond donors (Lipinski definition) is 2. The summed E-state index contributed by atoms with van der Waals surface area (Å²) in [6.07, 6.45) is 1.91. The standard InChI is InChI=1S/C9H16N4O2/c1-7(2)11-5-8(14)10-4-3-9-12-6-13-15-9/h6-7,11H,3-5H2,1-2H3,(H,10,14). The molecule has 1 rings (SSSR count). The van der Waals surface area contributed by atoms with Crippen LogP contribution in [0.5, 0.6) is 0 Å². The lowest BCUT2D eigenvalue weighted by Crippen LogP contribution is -2.37. The summed E-state index contributed by atoms with van der Waals surface area (Å²) >= 11 is 0. The van der Waals surface area contributed by atoms with E-state index in [9.17, 15) is 4.79 Å². The summed E-state index contributed by atoms with van der Waals surface area (Å²) < 4.78 is 4.79. The summed E-state index contributed by atoms with van der Waals surface area (Å²) in [5.74, 6) is 0.510. The molecule has 15 heavy (non-hydrogen) atoms. The van der Waals surface area contributed by atoms with Gasteiger partial charge >= 0.3 is 0 Å². The van der Waals surface area contributed by atoms with Crippen LogP contribution in [0.15, 0.2) is 10.9 Å². The van der Waals surface area contributed by atoms with Crippen molar-refractivity contribution in [3.8, 4) is 0 Å². The maximum atomic E-state index is 11.2. The third kappa shape index (κ3) is 5.11. The zero-order valence-electron chi connectivity index (χ0n) is 8.99. The molecule has 0 aliphatic rings. The van der Waals surface area contributed by atoms with Crippen LogP contribution in [-0.4, -0.2) is 35.2 Å². The van der Waals surface area contributed by atoms with Crippen LogP contribution < -0.4 is 10.6 Å². The van der Waals surface area contributed by atoms with Crippen LogP contribution in [0, 0.1) is 0 Å². The smallest absolute Gasteiger partial charge is 0.233 e. The molecule has 0 bridgehead atoms. The van der Waals surface area contributed by atoms with Gasteiger partial charge in [0.05, 0.1) is 6.54 Å². The average Bonchev–Trinajstić information content (AvgIpc) is 2.67. The van der Waals surface area contributed by atoms with E-state index in [-0.39, 0.29) is 5.91 Å². The van der Waals surface area contributed by atoms with Gasteiger partial charge in [0.1, 0.15) is 0 Å². The molecule has 84 valence electrons. The highest BCUT2D eigenvalue weighted by Gasteiger charge is 2.03. The van der Waals surface area contributed by atoms with E-state index in [4.69, 9.17) is 4.52 Å². The van der Waals surface area contributed by atoms with Gasteiger partial charge in [-0.2, -0.15) is 4.98 Å². The Hall–Kier alpha value is -1.43. The summed E-state index contributed by atoms with van der Waals surface area (Å²) in [5, 5.41) is 9.24. The molecule has 1 aromatic rings. The number of hydrogen-bond acceptors (Lipinski definition) is 5. The molecule has 2 N–H and O–H groups in total. The highest BCUT2D eigenvalue weighted by molar-refractivity contribution is 5.77. The molecule has 1 heterocycles. The van der Waals surface area contributed by atoms with Gasteiger partial charge in [-0.15, -0.1) is 0 Å². The largest absolute Gasteiger partial charge is 0.354 e. The monoisotopic (exact) mass is 212 g/mol. The zero-order chi connectivity index (χ0) is 11.1. The van der Waals surface area contributed by atoms with E-state index in [0.29, 0.717) is 31.4 Å². The third-order valence-electron chi connectivity index (χ3n) is 1.74. The van der Waals surface area contributed by atoms with Gasteiger partial charge < -0.3 is 15.2 Å². The fourth-order valence-corrected chi connectivity index (χ4v) is 0.974. The van der Waals surface area contributed by atoms with Crippen molar-refractivity contribution in [3.05, 3.63) is 12.2 Å². The van der Waals surface area contributed by atoms with Crippen molar-refractivity contribution in [1.82, 2.24) is 20.8 Å². The predicted molar refractivity (Wildman–Crippen MR) is 54.2 cm³/mol. The Balaban J connectivity index is 2.07. The van der Waals surface area contributed by atoms with Crippen molar-refractivity contribution >= 4 is 5.91 Å². The fourth-order valence-electron chi connectivity index (χ4n) is 0.974. The molecule has 0 unspecified atom stereocenters. The highest BCUT2D eigenvalue weighted by atomic mass is 16.5. The summed E-state index contributed by atoms with van der Waals surface area (Å²) in [6.45, 7) is 4.83. The second kappa shape index (κ2) is 6.13. The van der Waals surface area contributed by atoms with Gasteiger partial charge in [-0.05, 0) is 0 Å². The Morgan fingerprint density at radius 3 is 3.00 bits per heavy atom. The quantitative estimate of drug-likeness (QED) is 0.678. The number of carbonyl (C=O) groups is 1. The van der Waals surface area contributed by atoms with Crippen molar-refractivity contribution in [2.24, 2.45) is 0 Å². The molecule has 0 fully saturated rings. The van der Waals surface area contributed by atoms with Gasteiger partial charge in [0.15, 0.2) is 6.33 Å². The molecule has 0 aromatic carbocycles. The minimum Gasteiger partial charge on any atom is -0.354 e. The molecule has 6 heteroatoms. The molecule has 0 atom stereocenters. The van der Waals surface area contributed by atoms with Crippen molar-refractivity contribution in [2.75, 3.05) is 13.1 Å². The number of aromatic nitrogens is 2. The fraction of sp³-hybridized carbons (Fsp3) is 0.667.